The molecule has 2 aliphatic heterocycles. The van der Waals surface area contributed by atoms with E-state index in [4.69, 9.17) is 9.57 Å². The van der Waals surface area contributed by atoms with Crippen LogP contribution in [0.5, 0.6) is 5.75 Å². The van der Waals surface area contributed by atoms with E-state index in [9.17, 15) is 24.9 Å². The standard InChI is InChI=1S/C48H69N5O7/c1-29-22-39(30(2)31(3)48(29,5)6)49-47(58)43-42(32(4)55)41(28-54)60-53(43)26-34-18-15-19-38(45(34)59-9)35-23-36(25-37(24-35)51(7)8)46(57)50-40(27-52-20-13-14-21-52)44(56)33-16-11-10-12-17-33/h10-12,15-19,23-25,29-32,39-44,54-56H,13-14,20-22,26-28H2,1-9H3,(H,49,58)(H,50,57)/t29-,30+,31+,32+,39+,40-,41+,42-,43+,44-/m1/s1. The molecular weight excluding hydrogens is 759 g/mol. The number of nitrogens with one attached hydrogen (secondary N) is 2. The average Bonchev–Trinajstić information content (AvgIpc) is 3.89. The number of ether oxygens (including phenoxy) is 1. The molecule has 5 N–H and O–H groups in total. The maximum absolute atomic E-state index is 14.4. The highest BCUT2D eigenvalue weighted by molar-refractivity contribution is 5.97. The normalized spacial score (nSPS) is 27.2. The van der Waals surface area contributed by atoms with Crippen molar-refractivity contribution in [3.05, 3.63) is 83.4 Å². The number of hydroxylamine groups is 2. The third-order valence-corrected chi connectivity index (χ3v) is 14.3. The first-order valence-corrected chi connectivity index (χ1v) is 21.8. The second-order valence-corrected chi connectivity index (χ2v) is 18.5. The zero-order valence-electron chi connectivity index (χ0n) is 37.1. The predicted molar refractivity (Wildman–Crippen MR) is 235 cm³/mol. The van der Waals surface area contributed by atoms with Crippen LogP contribution in [-0.4, -0.2) is 115 Å². The van der Waals surface area contributed by atoms with E-state index in [0.29, 0.717) is 29.7 Å². The summed E-state index contributed by atoms with van der Waals surface area (Å²) in [7, 11) is 5.44. The maximum atomic E-state index is 14.4. The van der Waals surface area contributed by atoms with Gasteiger partial charge < -0.3 is 40.5 Å². The summed E-state index contributed by atoms with van der Waals surface area (Å²) in [5, 5.41) is 41.2. The number of likely N-dealkylation sites (tertiary alicyclic amines) is 1. The van der Waals surface area contributed by atoms with Gasteiger partial charge in [-0.15, -0.1) is 0 Å². The summed E-state index contributed by atoms with van der Waals surface area (Å²) >= 11 is 0. The number of aliphatic hydroxyl groups is 3. The summed E-state index contributed by atoms with van der Waals surface area (Å²) in [6, 6.07) is 19.4. The van der Waals surface area contributed by atoms with Crippen LogP contribution >= 0.6 is 0 Å². The van der Waals surface area contributed by atoms with Crippen molar-refractivity contribution >= 4 is 17.5 Å². The number of carbonyl (C=O) groups is 2. The third kappa shape index (κ3) is 9.69. The summed E-state index contributed by atoms with van der Waals surface area (Å²) in [5.74, 6) is 0.334. The van der Waals surface area contributed by atoms with Crippen LogP contribution in [-0.2, 0) is 16.2 Å². The average molecular weight is 828 g/mol. The fourth-order valence-electron chi connectivity index (χ4n) is 9.81. The van der Waals surface area contributed by atoms with Crippen LogP contribution in [0.1, 0.15) is 88.4 Å². The Hall–Kier alpha value is -4.04. The van der Waals surface area contributed by atoms with Crippen LogP contribution in [0.25, 0.3) is 11.1 Å². The van der Waals surface area contributed by atoms with Crippen LogP contribution in [0.4, 0.5) is 5.69 Å². The van der Waals surface area contributed by atoms with Gasteiger partial charge in [0.05, 0.1) is 32.4 Å². The van der Waals surface area contributed by atoms with Crippen molar-refractivity contribution in [3.8, 4) is 16.9 Å². The van der Waals surface area contributed by atoms with Crippen LogP contribution in [0.2, 0.25) is 0 Å². The van der Waals surface area contributed by atoms with Gasteiger partial charge in [0.25, 0.3) is 5.91 Å². The van der Waals surface area contributed by atoms with E-state index in [1.54, 1.807) is 19.1 Å². The number of hydrogen-bond donors (Lipinski definition) is 5. The Kier molecular flexibility index (Phi) is 14.7. The number of methoxy groups -OCH3 is 1. The number of carbonyl (C=O) groups excluding carboxylic acids is 2. The minimum atomic E-state index is -0.932. The minimum absolute atomic E-state index is 0.0504. The lowest BCUT2D eigenvalue weighted by Crippen LogP contribution is -2.56. The van der Waals surface area contributed by atoms with Crippen molar-refractivity contribution in [3.63, 3.8) is 0 Å². The lowest BCUT2D eigenvalue weighted by Gasteiger charge is -2.50. The van der Waals surface area contributed by atoms with Crippen molar-refractivity contribution in [2.75, 3.05) is 52.3 Å². The first-order valence-electron chi connectivity index (χ1n) is 21.8. The van der Waals surface area contributed by atoms with Crippen LogP contribution in [0.15, 0.2) is 66.7 Å². The molecule has 12 nitrogen and oxygen atoms in total. The van der Waals surface area contributed by atoms with E-state index in [-0.39, 0.29) is 42.3 Å². The Morgan fingerprint density at radius 3 is 2.33 bits per heavy atom. The number of aliphatic hydroxyl groups excluding tert-OH is 3. The highest BCUT2D eigenvalue weighted by atomic mass is 16.7. The first-order chi connectivity index (χ1) is 28.5. The van der Waals surface area contributed by atoms with Crippen LogP contribution in [0.3, 0.4) is 0 Å². The number of hydrogen-bond acceptors (Lipinski definition) is 10. The van der Waals surface area contributed by atoms with Gasteiger partial charge in [-0.1, -0.05) is 83.1 Å². The first kappa shape index (κ1) is 45.5. The summed E-state index contributed by atoms with van der Waals surface area (Å²) < 4.78 is 6.13. The summed E-state index contributed by atoms with van der Waals surface area (Å²) in [5.41, 5.74) is 4.32. The summed E-state index contributed by atoms with van der Waals surface area (Å²) in [4.78, 5) is 39.2. The SMILES string of the molecule is COc1c(CN2O[C@@H](CO)[C@@H]([C@H](C)O)[C@H]2C(=O)N[C@H]2C[C@@H](C)C(C)(C)[C@@H](C)[C@@H]2C)cccc1-c1cc(C(=O)N[C@H](CN2CCCC2)[C@H](O)c2ccccc2)cc(N(C)C)c1. The molecule has 60 heavy (non-hydrogen) atoms. The molecule has 3 fully saturated rings. The molecule has 2 heterocycles. The Morgan fingerprint density at radius 2 is 1.70 bits per heavy atom. The topological polar surface area (TPSA) is 147 Å². The van der Waals surface area contributed by atoms with E-state index >= 15 is 0 Å². The van der Waals surface area contributed by atoms with E-state index < -0.39 is 36.3 Å². The zero-order chi connectivity index (χ0) is 43.5. The molecule has 0 radical (unpaired) electrons. The second-order valence-electron chi connectivity index (χ2n) is 18.5. The molecule has 0 unspecified atom stereocenters. The zero-order valence-corrected chi connectivity index (χ0v) is 37.1. The molecule has 3 aliphatic rings. The molecule has 0 bridgehead atoms. The van der Waals surface area contributed by atoms with Crippen molar-refractivity contribution in [1.82, 2.24) is 20.6 Å². The van der Waals surface area contributed by atoms with E-state index in [0.717, 1.165) is 60.3 Å². The number of para-hydroxylation sites is 1. The van der Waals surface area contributed by atoms with Gasteiger partial charge in [0, 0.05) is 55.0 Å². The molecule has 3 aromatic rings. The van der Waals surface area contributed by atoms with E-state index in [2.05, 4.69) is 50.2 Å². The van der Waals surface area contributed by atoms with Gasteiger partial charge in [0.1, 0.15) is 24.0 Å². The molecule has 12 heteroatoms. The molecule has 10 atom stereocenters. The van der Waals surface area contributed by atoms with Gasteiger partial charge in [0.15, 0.2) is 0 Å². The number of nitrogens with zero attached hydrogens (tertiary/aromatic N) is 3. The molecular formula is C48H69N5O7. The molecule has 328 valence electrons. The van der Waals surface area contributed by atoms with Crippen molar-refractivity contribution < 1.29 is 34.5 Å². The molecule has 1 aliphatic carbocycles. The lowest BCUT2D eigenvalue weighted by atomic mass is 9.58. The number of anilines is 1. The summed E-state index contributed by atoms with van der Waals surface area (Å²) in [6.07, 6.45) is 0.410. The van der Waals surface area contributed by atoms with Crippen LogP contribution in [0, 0.1) is 29.1 Å². The fourth-order valence-corrected chi connectivity index (χ4v) is 9.81. The van der Waals surface area contributed by atoms with Crippen LogP contribution < -0.4 is 20.3 Å². The van der Waals surface area contributed by atoms with Crippen molar-refractivity contribution in [2.24, 2.45) is 29.1 Å². The highest BCUT2D eigenvalue weighted by Crippen LogP contribution is 2.48. The van der Waals surface area contributed by atoms with Crippen molar-refractivity contribution in [1.29, 1.82) is 0 Å². The molecule has 0 aromatic heterocycles. The number of rotatable bonds is 15. The fraction of sp³-hybridized carbons (Fsp3) is 0.583. The van der Waals surface area contributed by atoms with Gasteiger partial charge in [-0.2, -0.15) is 5.06 Å². The van der Waals surface area contributed by atoms with Gasteiger partial charge in [-0.05, 0) is 91.8 Å². The number of amides is 2. The molecule has 2 amide bonds. The predicted octanol–water partition coefficient (Wildman–Crippen LogP) is 5.65. The molecule has 1 saturated carbocycles. The Bertz CT molecular complexity index is 1920. The molecule has 2 saturated heterocycles. The Morgan fingerprint density at radius 1 is 1.00 bits per heavy atom. The highest BCUT2D eigenvalue weighted by Gasteiger charge is 2.51. The third-order valence-electron chi connectivity index (χ3n) is 14.3. The molecule has 6 rings (SSSR count). The number of benzene rings is 3. The van der Waals surface area contributed by atoms with Gasteiger partial charge in [-0.3, -0.25) is 14.4 Å². The monoisotopic (exact) mass is 828 g/mol. The maximum Gasteiger partial charge on any atom is 0.251 e. The smallest absolute Gasteiger partial charge is 0.251 e. The largest absolute Gasteiger partial charge is 0.496 e. The van der Waals surface area contributed by atoms with Gasteiger partial charge in [0.2, 0.25) is 5.91 Å². The van der Waals surface area contributed by atoms with Gasteiger partial charge in [-0.25, -0.2) is 0 Å². The quantitative estimate of drug-likeness (QED) is 0.130. The molecule has 3 aromatic carbocycles. The minimum Gasteiger partial charge on any atom is -0.496 e. The Labute approximate surface area is 357 Å². The second kappa shape index (κ2) is 19.3. The van der Waals surface area contributed by atoms with E-state index in [1.807, 2.05) is 85.7 Å². The van der Waals surface area contributed by atoms with E-state index in [1.165, 1.54) is 0 Å². The molecule has 0 spiro atoms. The lowest BCUT2D eigenvalue weighted by molar-refractivity contribution is -0.182. The van der Waals surface area contributed by atoms with Gasteiger partial charge >= 0.3 is 0 Å². The summed E-state index contributed by atoms with van der Waals surface area (Å²) in [6.45, 7) is 15.1. The van der Waals surface area contributed by atoms with Crippen molar-refractivity contribution in [2.45, 2.75) is 104 Å². The Balaban J connectivity index is 1.30.